The first-order valence-corrected chi connectivity index (χ1v) is 5.74. The lowest BCUT2D eigenvalue weighted by Gasteiger charge is -2.22. The van der Waals surface area contributed by atoms with Crippen LogP contribution in [-0.4, -0.2) is 0 Å². The molecule has 1 aromatic carbocycles. The minimum absolute atomic E-state index is 0.219. The van der Waals surface area contributed by atoms with E-state index in [0.29, 0.717) is 0 Å². The highest BCUT2D eigenvalue weighted by atomic mass is 127. The van der Waals surface area contributed by atoms with E-state index in [1.54, 1.807) is 0 Å². The van der Waals surface area contributed by atoms with Crippen molar-refractivity contribution < 1.29 is 0 Å². The van der Waals surface area contributed by atoms with Crippen molar-refractivity contribution in [1.29, 1.82) is 0 Å². The third-order valence-corrected chi connectivity index (χ3v) is 3.27. The van der Waals surface area contributed by atoms with Crippen LogP contribution < -0.4 is 0 Å². The van der Waals surface area contributed by atoms with E-state index < -0.39 is 0 Å². The van der Waals surface area contributed by atoms with E-state index in [2.05, 4.69) is 77.5 Å². The van der Waals surface area contributed by atoms with E-state index in [1.165, 1.54) is 13.6 Å². The molecule has 0 aliphatic rings. The summed E-state index contributed by atoms with van der Waals surface area (Å²) in [6.07, 6.45) is 0. The molecule has 0 N–H and O–H groups in total. The van der Waals surface area contributed by atoms with Crippen LogP contribution in [0.1, 0.15) is 26.3 Å². The van der Waals surface area contributed by atoms with Gasteiger partial charge in [0, 0.05) is 8.04 Å². The van der Waals surface area contributed by atoms with Gasteiger partial charge in [-0.3, -0.25) is 0 Å². The summed E-state index contributed by atoms with van der Waals surface area (Å²) in [6.45, 7) is 6.69. The highest BCUT2D eigenvalue weighted by molar-refractivity contribution is 14.1. The first-order valence-electron chi connectivity index (χ1n) is 3.87. The van der Waals surface area contributed by atoms with Crippen LogP contribution in [0.15, 0.2) is 22.7 Å². The van der Waals surface area contributed by atoms with Gasteiger partial charge in [-0.05, 0) is 45.7 Å². The van der Waals surface area contributed by atoms with Crippen LogP contribution in [0.25, 0.3) is 0 Å². The van der Waals surface area contributed by atoms with Crippen LogP contribution in [0.5, 0.6) is 0 Å². The van der Waals surface area contributed by atoms with Crippen molar-refractivity contribution in [1.82, 2.24) is 0 Å². The molecule has 0 fully saturated rings. The monoisotopic (exact) mass is 338 g/mol. The van der Waals surface area contributed by atoms with Crippen LogP contribution in [0.3, 0.4) is 0 Å². The Labute approximate surface area is 96.0 Å². The third-order valence-electron chi connectivity index (χ3n) is 1.71. The lowest BCUT2D eigenvalue weighted by molar-refractivity contribution is 0.583. The molecule has 0 bridgehead atoms. The average molecular weight is 339 g/mol. The molecule has 0 aliphatic heterocycles. The van der Waals surface area contributed by atoms with Gasteiger partial charge in [0.05, 0.1) is 0 Å². The molecule has 0 unspecified atom stereocenters. The lowest BCUT2D eigenvalue weighted by atomic mass is 9.87. The molecule has 0 amide bonds. The fourth-order valence-corrected chi connectivity index (χ4v) is 3.85. The van der Waals surface area contributed by atoms with Gasteiger partial charge in [-0.15, -0.1) is 0 Å². The van der Waals surface area contributed by atoms with Crippen molar-refractivity contribution in [3.8, 4) is 0 Å². The third kappa shape index (κ3) is 2.22. The standard InChI is InChI=1S/C10H12BrI/c1-10(2,3)9-7(11)5-4-6-8(9)12/h4-6H,1-3H3. The maximum atomic E-state index is 3.58. The molecular formula is C10H12BrI. The van der Waals surface area contributed by atoms with Crippen molar-refractivity contribution in [3.05, 3.63) is 31.8 Å². The van der Waals surface area contributed by atoms with Crippen molar-refractivity contribution in [2.45, 2.75) is 26.2 Å². The predicted octanol–water partition coefficient (Wildman–Crippen LogP) is 4.35. The average Bonchev–Trinajstić information content (AvgIpc) is 1.82. The van der Waals surface area contributed by atoms with Gasteiger partial charge in [0.1, 0.15) is 0 Å². The molecule has 0 saturated carbocycles. The normalized spacial score (nSPS) is 11.8. The second-order valence-electron chi connectivity index (χ2n) is 3.85. The Bertz CT molecular complexity index is 266. The minimum Gasteiger partial charge on any atom is -0.0601 e. The summed E-state index contributed by atoms with van der Waals surface area (Å²) < 4.78 is 2.54. The number of hydrogen-bond donors (Lipinski definition) is 0. The van der Waals surface area contributed by atoms with Crippen molar-refractivity contribution >= 4 is 38.5 Å². The van der Waals surface area contributed by atoms with Gasteiger partial charge in [0.2, 0.25) is 0 Å². The summed E-state index contributed by atoms with van der Waals surface area (Å²) in [4.78, 5) is 0. The van der Waals surface area contributed by atoms with Crippen molar-refractivity contribution in [3.63, 3.8) is 0 Å². The second kappa shape index (κ2) is 3.66. The maximum Gasteiger partial charge on any atom is 0.0223 e. The summed E-state index contributed by atoms with van der Waals surface area (Å²) in [6, 6.07) is 6.32. The Morgan fingerprint density at radius 1 is 1.25 bits per heavy atom. The molecular weight excluding hydrogens is 327 g/mol. The lowest BCUT2D eigenvalue weighted by Crippen LogP contribution is -2.13. The largest absolute Gasteiger partial charge is 0.0601 e. The van der Waals surface area contributed by atoms with Crippen LogP contribution in [0.4, 0.5) is 0 Å². The van der Waals surface area contributed by atoms with Gasteiger partial charge >= 0.3 is 0 Å². The van der Waals surface area contributed by atoms with Crippen molar-refractivity contribution in [2.24, 2.45) is 0 Å². The molecule has 0 nitrogen and oxygen atoms in total. The summed E-state index contributed by atoms with van der Waals surface area (Å²) in [5.74, 6) is 0. The molecule has 66 valence electrons. The first-order chi connectivity index (χ1) is 5.43. The molecule has 0 atom stereocenters. The quantitative estimate of drug-likeness (QED) is 0.617. The molecule has 0 heterocycles. The smallest absolute Gasteiger partial charge is 0.0223 e. The molecule has 0 spiro atoms. The van der Waals surface area contributed by atoms with E-state index in [0.717, 1.165) is 0 Å². The van der Waals surface area contributed by atoms with Gasteiger partial charge in [-0.25, -0.2) is 0 Å². The molecule has 1 aromatic rings. The van der Waals surface area contributed by atoms with E-state index in [4.69, 9.17) is 0 Å². The van der Waals surface area contributed by atoms with Gasteiger partial charge < -0.3 is 0 Å². The van der Waals surface area contributed by atoms with E-state index >= 15 is 0 Å². The van der Waals surface area contributed by atoms with Gasteiger partial charge in [-0.2, -0.15) is 0 Å². The van der Waals surface area contributed by atoms with Crippen LogP contribution in [-0.2, 0) is 5.41 Å². The molecule has 2 heteroatoms. The summed E-state index contributed by atoms with van der Waals surface area (Å²) >= 11 is 5.96. The number of rotatable bonds is 0. The molecule has 12 heavy (non-hydrogen) atoms. The van der Waals surface area contributed by atoms with Crippen LogP contribution in [0, 0.1) is 3.57 Å². The molecule has 0 radical (unpaired) electrons. The van der Waals surface area contributed by atoms with Gasteiger partial charge in [0.25, 0.3) is 0 Å². The molecule has 0 aliphatic carbocycles. The Hall–Kier alpha value is 0.430. The van der Waals surface area contributed by atoms with E-state index in [-0.39, 0.29) is 5.41 Å². The molecule has 0 aromatic heterocycles. The number of halogens is 2. The van der Waals surface area contributed by atoms with Crippen LogP contribution >= 0.6 is 38.5 Å². The number of hydrogen-bond acceptors (Lipinski definition) is 0. The molecule has 0 saturated heterocycles. The Kier molecular flexibility index (Phi) is 3.21. The highest BCUT2D eigenvalue weighted by Gasteiger charge is 2.19. The Morgan fingerprint density at radius 2 is 1.83 bits per heavy atom. The SMILES string of the molecule is CC(C)(C)c1c(Br)cccc1I. The van der Waals surface area contributed by atoms with Crippen LogP contribution in [0.2, 0.25) is 0 Å². The minimum atomic E-state index is 0.219. The van der Waals surface area contributed by atoms with Gasteiger partial charge in [-0.1, -0.05) is 42.8 Å². The zero-order valence-corrected chi connectivity index (χ0v) is 11.2. The topological polar surface area (TPSA) is 0 Å². The van der Waals surface area contributed by atoms with Crippen molar-refractivity contribution in [2.75, 3.05) is 0 Å². The molecule has 1 rings (SSSR count). The number of benzene rings is 1. The van der Waals surface area contributed by atoms with E-state index in [1.807, 2.05) is 0 Å². The fourth-order valence-electron chi connectivity index (χ4n) is 1.21. The maximum absolute atomic E-state index is 3.58. The zero-order chi connectivity index (χ0) is 9.35. The second-order valence-corrected chi connectivity index (χ2v) is 5.86. The first kappa shape index (κ1) is 10.5. The summed E-state index contributed by atoms with van der Waals surface area (Å²) in [5, 5.41) is 0. The Morgan fingerprint density at radius 3 is 2.17 bits per heavy atom. The predicted molar refractivity (Wildman–Crippen MR) is 65.6 cm³/mol. The van der Waals surface area contributed by atoms with E-state index in [9.17, 15) is 0 Å². The summed E-state index contributed by atoms with van der Waals surface area (Å²) in [5.41, 5.74) is 1.61. The summed E-state index contributed by atoms with van der Waals surface area (Å²) in [7, 11) is 0. The fraction of sp³-hybridized carbons (Fsp3) is 0.400. The van der Waals surface area contributed by atoms with Gasteiger partial charge in [0.15, 0.2) is 0 Å². The zero-order valence-electron chi connectivity index (χ0n) is 7.49. The highest BCUT2D eigenvalue weighted by Crippen LogP contribution is 2.33. The Balaban J connectivity index is 3.31.